The second-order valence-corrected chi connectivity index (χ2v) is 6.16. The van der Waals surface area contributed by atoms with Gasteiger partial charge in [0.2, 0.25) is 5.91 Å². The first-order chi connectivity index (χ1) is 11.7. The van der Waals surface area contributed by atoms with Crippen molar-refractivity contribution in [3.63, 3.8) is 0 Å². The molecule has 3 nitrogen and oxygen atoms in total. The van der Waals surface area contributed by atoms with E-state index in [1.807, 2.05) is 0 Å². The number of aliphatic hydroxyl groups is 1. The highest BCUT2D eigenvalue weighted by molar-refractivity contribution is 6.35. The first-order valence-electron chi connectivity index (χ1n) is 7.23. The molecule has 0 heterocycles. The summed E-state index contributed by atoms with van der Waals surface area (Å²) >= 11 is 11.7. The predicted molar refractivity (Wildman–Crippen MR) is 89.6 cm³/mol. The zero-order valence-corrected chi connectivity index (χ0v) is 14.3. The molecule has 0 saturated carbocycles. The van der Waals surface area contributed by atoms with Gasteiger partial charge in [-0.25, -0.2) is 0 Å². The Bertz CT molecular complexity index is 766. The zero-order chi connectivity index (χ0) is 18.6. The smallest absolute Gasteiger partial charge is 0.387 e. The number of amides is 1. The summed E-state index contributed by atoms with van der Waals surface area (Å²) in [5.74, 6) is -0.479. The van der Waals surface area contributed by atoms with E-state index in [0.29, 0.717) is 15.6 Å². The average Bonchev–Trinajstić information content (AvgIpc) is 2.54. The number of hydrogen-bond acceptors (Lipinski definition) is 2. The fourth-order valence-electron chi connectivity index (χ4n) is 2.27. The molecule has 0 spiro atoms. The molecule has 2 N–H and O–H groups in total. The number of hydrogen-bond donors (Lipinski definition) is 2. The van der Waals surface area contributed by atoms with Gasteiger partial charge in [-0.15, -0.1) is 0 Å². The summed E-state index contributed by atoms with van der Waals surface area (Å²) in [6, 6.07) is 9.33. The van der Waals surface area contributed by atoms with Gasteiger partial charge in [-0.2, -0.15) is 13.2 Å². The van der Waals surface area contributed by atoms with Crippen molar-refractivity contribution < 1.29 is 23.1 Å². The molecule has 0 bridgehead atoms. The minimum atomic E-state index is -4.58. The molecule has 0 aliphatic rings. The lowest BCUT2D eigenvalue weighted by Crippen LogP contribution is -2.30. The molecule has 0 radical (unpaired) electrons. The summed E-state index contributed by atoms with van der Waals surface area (Å²) < 4.78 is 38.8. The molecule has 134 valence electrons. The van der Waals surface area contributed by atoms with Gasteiger partial charge in [0.15, 0.2) is 0 Å². The van der Waals surface area contributed by atoms with Crippen LogP contribution in [0.25, 0.3) is 0 Å². The standard InChI is InChI=1S/C17H14Cl2F3NO2/c18-11-6-5-10(14(19)8-11)7-16(25)23-9-15(24)12-3-1-2-4-13(12)17(20,21)22/h1-6,8,15,24H,7,9H2,(H,23,25). The van der Waals surface area contributed by atoms with Gasteiger partial charge in [0, 0.05) is 16.6 Å². The topological polar surface area (TPSA) is 49.3 Å². The molecule has 0 aliphatic heterocycles. The van der Waals surface area contributed by atoms with E-state index < -0.39 is 23.8 Å². The van der Waals surface area contributed by atoms with Crippen LogP contribution in [0.5, 0.6) is 0 Å². The Morgan fingerprint density at radius 1 is 1.16 bits per heavy atom. The number of nitrogens with one attached hydrogen (secondary N) is 1. The fraction of sp³-hybridized carbons (Fsp3) is 0.235. The number of carbonyl (C=O) groups is 1. The monoisotopic (exact) mass is 391 g/mol. The lowest BCUT2D eigenvalue weighted by atomic mass is 10.0. The van der Waals surface area contributed by atoms with Gasteiger partial charge in [0.25, 0.3) is 0 Å². The molecule has 0 fully saturated rings. The van der Waals surface area contributed by atoms with Crippen LogP contribution in [0.3, 0.4) is 0 Å². The number of aliphatic hydroxyl groups excluding tert-OH is 1. The molecule has 0 aliphatic carbocycles. The van der Waals surface area contributed by atoms with Crippen LogP contribution < -0.4 is 5.32 Å². The fourth-order valence-corrected chi connectivity index (χ4v) is 2.74. The molecule has 2 aromatic rings. The third kappa shape index (κ3) is 5.36. The van der Waals surface area contributed by atoms with Crippen LogP contribution >= 0.6 is 23.2 Å². The van der Waals surface area contributed by atoms with Crippen LogP contribution in [-0.2, 0) is 17.4 Å². The number of alkyl halides is 3. The highest BCUT2D eigenvalue weighted by Gasteiger charge is 2.34. The molecule has 2 aromatic carbocycles. The van der Waals surface area contributed by atoms with Crippen molar-refractivity contribution in [2.45, 2.75) is 18.7 Å². The van der Waals surface area contributed by atoms with Crippen molar-refractivity contribution in [2.24, 2.45) is 0 Å². The van der Waals surface area contributed by atoms with E-state index in [2.05, 4.69) is 5.32 Å². The molecule has 0 aromatic heterocycles. The maximum absolute atomic E-state index is 12.9. The van der Waals surface area contributed by atoms with E-state index in [9.17, 15) is 23.1 Å². The van der Waals surface area contributed by atoms with Crippen LogP contribution in [0.4, 0.5) is 13.2 Å². The van der Waals surface area contributed by atoms with Gasteiger partial charge in [-0.1, -0.05) is 47.5 Å². The highest BCUT2D eigenvalue weighted by Crippen LogP contribution is 2.34. The van der Waals surface area contributed by atoms with E-state index in [4.69, 9.17) is 23.2 Å². The van der Waals surface area contributed by atoms with Gasteiger partial charge in [0.05, 0.1) is 18.1 Å². The van der Waals surface area contributed by atoms with Crippen LogP contribution in [0.2, 0.25) is 10.0 Å². The van der Waals surface area contributed by atoms with Crippen molar-refractivity contribution in [1.29, 1.82) is 0 Å². The summed E-state index contributed by atoms with van der Waals surface area (Å²) in [6.45, 7) is -0.350. The summed E-state index contributed by atoms with van der Waals surface area (Å²) in [4.78, 5) is 11.9. The van der Waals surface area contributed by atoms with Crippen LogP contribution in [0.1, 0.15) is 22.8 Å². The molecule has 2 rings (SSSR count). The van der Waals surface area contributed by atoms with Crippen LogP contribution in [-0.4, -0.2) is 17.6 Å². The zero-order valence-electron chi connectivity index (χ0n) is 12.8. The Labute approximate surface area is 152 Å². The Morgan fingerprint density at radius 3 is 2.48 bits per heavy atom. The largest absolute Gasteiger partial charge is 0.416 e. The quantitative estimate of drug-likeness (QED) is 0.793. The first-order valence-corrected chi connectivity index (χ1v) is 7.99. The third-order valence-electron chi connectivity index (χ3n) is 3.48. The Hall–Kier alpha value is -1.76. The second kappa shape index (κ2) is 8.08. The number of rotatable bonds is 5. The van der Waals surface area contributed by atoms with E-state index in [0.717, 1.165) is 6.07 Å². The third-order valence-corrected chi connectivity index (χ3v) is 4.07. The highest BCUT2D eigenvalue weighted by atomic mass is 35.5. The molecular formula is C17H14Cl2F3NO2. The number of benzene rings is 2. The maximum Gasteiger partial charge on any atom is 0.416 e. The van der Waals surface area contributed by atoms with Gasteiger partial charge in [-0.3, -0.25) is 4.79 Å². The normalized spacial score (nSPS) is 12.7. The number of carbonyl (C=O) groups excluding carboxylic acids is 1. The molecule has 1 atom stereocenters. The van der Waals surface area contributed by atoms with Crippen LogP contribution in [0, 0.1) is 0 Å². The maximum atomic E-state index is 12.9. The molecular weight excluding hydrogens is 378 g/mol. The Balaban J connectivity index is 2.00. The van der Waals surface area contributed by atoms with E-state index in [1.54, 1.807) is 12.1 Å². The summed E-state index contributed by atoms with van der Waals surface area (Å²) in [5, 5.41) is 13.1. The lowest BCUT2D eigenvalue weighted by molar-refractivity contribution is -0.139. The van der Waals surface area contributed by atoms with Gasteiger partial charge >= 0.3 is 6.18 Å². The van der Waals surface area contributed by atoms with Crippen molar-refractivity contribution in [1.82, 2.24) is 5.32 Å². The van der Waals surface area contributed by atoms with Crippen molar-refractivity contribution >= 4 is 29.1 Å². The number of halogens is 5. The lowest BCUT2D eigenvalue weighted by Gasteiger charge is -2.18. The molecule has 25 heavy (non-hydrogen) atoms. The minimum absolute atomic E-state index is 0.0797. The molecule has 0 saturated heterocycles. The molecule has 8 heteroatoms. The summed E-state index contributed by atoms with van der Waals surface area (Å²) in [5.41, 5.74) is -0.703. The van der Waals surface area contributed by atoms with E-state index >= 15 is 0 Å². The SMILES string of the molecule is O=C(Cc1ccc(Cl)cc1Cl)NCC(O)c1ccccc1C(F)(F)F. The predicted octanol–water partition coefficient (Wildman–Crippen LogP) is 4.40. The van der Waals surface area contributed by atoms with Gasteiger partial charge in [-0.05, 0) is 29.3 Å². The van der Waals surface area contributed by atoms with Crippen molar-refractivity contribution in [3.05, 3.63) is 69.2 Å². The summed E-state index contributed by atoms with van der Waals surface area (Å²) in [6.07, 6.45) is -6.15. The summed E-state index contributed by atoms with van der Waals surface area (Å²) in [7, 11) is 0. The average molecular weight is 392 g/mol. The Kier molecular flexibility index (Phi) is 6.32. The minimum Gasteiger partial charge on any atom is -0.387 e. The van der Waals surface area contributed by atoms with Gasteiger partial charge in [0.1, 0.15) is 0 Å². The Morgan fingerprint density at radius 2 is 1.84 bits per heavy atom. The molecule has 1 unspecified atom stereocenters. The second-order valence-electron chi connectivity index (χ2n) is 5.32. The van der Waals surface area contributed by atoms with Crippen molar-refractivity contribution in [2.75, 3.05) is 6.54 Å². The van der Waals surface area contributed by atoms with Crippen molar-refractivity contribution in [3.8, 4) is 0 Å². The van der Waals surface area contributed by atoms with Crippen LogP contribution in [0.15, 0.2) is 42.5 Å². The van der Waals surface area contributed by atoms with E-state index in [-0.39, 0.29) is 18.5 Å². The van der Waals surface area contributed by atoms with E-state index in [1.165, 1.54) is 24.3 Å². The first kappa shape index (κ1) is 19.6. The molecule has 1 amide bonds. The van der Waals surface area contributed by atoms with Gasteiger partial charge < -0.3 is 10.4 Å².